The highest BCUT2D eigenvalue weighted by atomic mass is 28.3. The third kappa shape index (κ3) is 2.87. The van der Waals surface area contributed by atoms with Gasteiger partial charge in [0.05, 0.1) is 5.69 Å². The molecule has 0 amide bonds. The second kappa shape index (κ2) is 6.51. The van der Waals surface area contributed by atoms with E-state index in [1.807, 2.05) is 0 Å². The van der Waals surface area contributed by atoms with E-state index in [2.05, 4.69) is 121 Å². The second-order valence-electron chi connectivity index (χ2n) is 10.0. The largest absolute Gasteiger partial charge is 0.351 e. The lowest BCUT2D eigenvalue weighted by Gasteiger charge is -2.09. The van der Waals surface area contributed by atoms with Crippen molar-refractivity contribution in [3.8, 4) is 11.5 Å². The van der Waals surface area contributed by atoms with Crippen molar-refractivity contribution < 1.29 is 0 Å². The number of hydrogen-bond donors (Lipinski definition) is 0. The Morgan fingerprint density at radius 1 is 0.625 bits per heavy atom. The summed E-state index contributed by atoms with van der Waals surface area (Å²) in [6.07, 6.45) is 2.13. The van der Waals surface area contributed by atoms with E-state index in [9.17, 15) is 0 Å². The maximum Gasteiger partial charge on any atom is 0.129 e. The first-order valence-electron chi connectivity index (χ1n) is 11.2. The lowest BCUT2D eigenvalue weighted by atomic mass is 9.95. The van der Waals surface area contributed by atoms with Crippen LogP contribution in [-0.2, 0) is 14.1 Å². The first-order chi connectivity index (χ1) is 15.3. The van der Waals surface area contributed by atoms with Gasteiger partial charge in [0.25, 0.3) is 0 Å². The van der Waals surface area contributed by atoms with Crippen LogP contribution in [0.2, 0.25) is 19.6 Å². The van der Waals surface area contributed by atoms with Crippen molar-refractivity contribution >= 4 is 62.2 Å². The molecule has 2 nitrogen and oxygen atoms in total. The molecule has 0 aliphatic carbocycles. The van der Waals surface area contributed by atoms with Gasteiger partial charge in [0.1, 0.15) is 8.07 Å². The zero-order valence-corrected chi connectivity index (χ0v) is 20.2. The van der Waals surface area contributed by atoms with Crippen molar-refractivity contribution in [1.82, 2.24) is 9.13 Å². The molecule has 32 heavy (non-hydrogen) atoms. The van der Waals surface area contributed by atoms with E-state index in [1.54, 1.807) is 0 Å². The van der Waals surface area contributed by atoms with Crippen LogP contribution in [0.1, 0.15) is 5.69 Å². The van der Waals surface area contributed by atoms with Gasteiger partial charge in [-0.25, -0.2) is 0 Å². The average molecular weight is 431 g/mol. The summed E-state index contributed by atoms with van der Waals surface area (Å²) < 4.78 is 4.42. The molecule has 156 valence electrons. The molecule has 0 aliphatic heterocycles. The van der Waals surface area contributed by atoms with Crippen LogP contribution in [0.3, 0.4) is 0 Å². The standard InChI is InChI=1S/C29H26N2Si/c1-30-12-10-21-15-26-19(17-28(21)30)6-8-25-24(26)9-7-20-18-29-22(16-27(20)25)14-23(31(29)2)11-13-32(3,4)5/h6-10,12,14-18H,1-5H3. The van der Waals surface area contributed by atoms with Gasteiger partial charge in [-0.1, -0.05) is 49.8 Å². The molecule has 6 aromatic rings. The molecular weight excluding hydrogens is 404 g/mol. The minimum atomic E-state index is -1.42. The van der Waals surface area contributed by atoms with Crippen molar-refractivity contribution in [3.63, 3.8) is 0 Å². The fourth-order valence-corrected chi connectivity index (χ4v) is 5.35. The van der Waals surface area contributed by atoms with Crippen molar-refractivity contribution in [2.45, 2.75) is 19.6 Å². The summed E-state index contributed by atoms with van der Waals surface area (Å²) in [6.45, 7) is 6.86. The smallest absolute Gasteiger partial charge is 0.129 e. The van der Waals surface area contributed by atoms with E-state index in [1.165, 1.54) is 54.1 Å². The van der Waals surface area contributed by atoms with Crippen LogP contribution in [0.5, 0.6) is 0 Å². The number of aromatic nitrogens is 2. The molecule has 2 aromatic heterocycles. The molecule has 0 saturated carbocycles. The Balaban J connectivity index is 1.64. The Morgan fingerprint density at radius 2 is 1.25 bits per heavy atom. The van der Waals surface area contributed by atoms with Crippen molar-refractivity contribution in [3.05, 3.63) is 72.6 Å². The highest BCUT2D eigenvalue weighted by Crippen LogP contribution is 2.35. The number of benzene rings is 4. The van der Waals surface area contributed by atoms with Crippen LogP contribution in [0, 0.1) is 11.5 Å². The normalized spacial score (nSPS) is 12.3. The van der Waals surface area contributed by atoms with Gasteiger partial charge in [-0.3, -0.25) is 0 Å². The van der Waals surface area contributed by atoms with Crippen LogP contribution in [-0.4, -0.2) is 17.2 Å². The molecule has 6 rings (SSSR count). The van der Waals surface area contributed by atoms with Gasteiger partial charge in [-0.2, -0.15) is 0 Å². The lowest BCUT2D eigenvalue weighted by Crippen LogP contribution is -2.16. The zero-order valence-electron chi connectivity index (χ0n) is 19.2. The quantitative estimate of drug-likeness (QED) is 0.135. The van der Waals surface area contributed by atoms with Gasteiger partial charge in [0, 0.05) is 42.1 Å². The number of aryl methyl sites for hydroxylation is 2. The summed E-state index contributed by atoms with van der Waals surface area (Å²) in [5, 5.41) is 10.4. The van der Waals surface area contributed by atoms with Crippen LogP contribution < -0.4 is 0 Å². The van der Waals surface area contributed by atoms with Gasteiger partial charge < -0.3 is 9.13 Å². The van der Waals surface area contributed by atoms with Crippen LogP contribution in [0.4, 0.5) is 0 Å². The molecule has 0 spiro atoms. The Labute approximate surface area is 189 Å². The summed E-state index contributed by atoms with van der Waals surface area (Å²) >= 11 is 0. The first-order valence-corrected chi connectivity index (χ1v) is 14.7. The number of rotatable bonds is 0. The topological polar surface area (TPSA) is 9.86 Å². The fourth-order valence-electron chi connectivity index (χ4n) is 4.84. The molecule has 0 N–H and O–H groups in total. The van der Waals surface area contributed by atoms with Crippen LogP contribution in [0.25, 0.3) is 54.1 Å². The number of fused-ring (bicyclic) bond motifs is 7. The highest BCUT2D eigenvalue weighted by Gasteiger charge is 2.12. The molecule has 0 unspecified atom stereocenters. The maximum atomic E-state index is 3.51. The molecule has 2 heterocycles. The molecule has 0 aliphatic rings. The molecule has 0 fully saturated rings. The second-order valence-corrected chi connectivity index (χ2v) is 14.8. The van der Waals surface area contributed by atoms with E-state index < -0.39 is 8.07 Å². The molecule has 3 heteroatoms. The Bertz CT molecular complexity index is 1780. The van der Waals surface area contributed by atoms with Gasteiger partial charge >= 0.3 is 0 Å². The van der Waals surface area contributed by atoms with Crippen LogP contribution in [0.15, 0.2) is 66.9 Å². The molecule has 0 radical (unpaired) electrons. The minimum Gasteiger partial charge on any atom is -0.351 e. The van der Waals surface area contributed by atoms with E-state index in [0.29, 0.717) is 0 Å². The third-order valence-electron chi connectivity index (χ3n) is 6.57. The first kappa shape index (κ1) is 19.2. The van der Waals surface area contributed by atoms with E-state index in [0.717, 1.165) is 5.69 Å². The Morgan fingerprint density at radius 3 is 1.91 bits per heavy atom. The van der Waals surface area contributed by atoms with Gasteiger partial charge in [-0.15, -0.1) is 5.54 Å². The fraction of sp³-hybridized carbons (Fsp3) is 0.172. The van der Waals surface area contributed by atoms with Crippen LogP contribution >= 0.6 is 0 Å². The van der Waals surface area contributed by atoms with Gasteiger partial charge in [0.2, 0.25) is 0 Å². The predicted molar refractivity (Wildman–Crippen MR) is 142 cm³/mol. The molecule has 0 saturated heterocycles. The van der Waals surface area contributed by atoms with Crippen molar-refractivity contribution in [2.75, 3.05) is 0 Å². The Hall–Kier alpha value is -3.48. The van der Waals surface area contributed by atoms with Gasteiger partial charge in [0.15, 0.2) is 0 Å². The number of hydrogen-bond acceptors (Lipinski definition) is 0. The zero-order chi connectivity index (χ0) is 22.2. The average Bonchev–Trinajstić information content (AvgIpc) is 3.27. The summed E-state index contributed by atoms with van der Waals surface area (Å²) in [5.41, 5.74) is 7.12. The van der Waals surface area contributed by atoms with Gasteiger partial charge in [-0.05, 0) is 68.7 Å². The van der Waals surface area contributed by atoms with E-state index >= 15 is 0 Å². The lowest BCUT2D eigenvalue weighted by molar-refractivity contribution is 0.952. The monoisotopic (exact) mass is 430 g/mol. The SMILES string of the molecule is Cn1ccc2cc3c(ccc4c5cc6cc(C#C[Si](C)(C)C)n(C)c6cc5ccc34)cc21. The Kier molecular flexibility index (Phi) is 3.91. The number of nitrogens with zero attached hydrogens (tertiary/aromatic N) is 2. The maximum absolute atomic E-state index is 3.51. The molecule has 0 atom stereocenters. The molecule has 4 aromatic carbocycles. The summed E-state index contributed by atoms with van der Waals surface area (Å²) in [4.78, 5) is 0. The third-order valence-corrected chi connectivity index (χ3v) is 7.44. The predicted octanol–water partition coefficient (Wildman–Crippen LogP) is 7.36. The highest BCUT2D eigenvalue weighted by molar-refractivity contribution is 6.83. The summed E-state index contributed by atoms with van der Waals surface area (Å²) in [6, 6.07) is 22.9. The molecule has 0 bridgehead atoms. The summed E-state index contributed by atoms with van der Waals surface area (Å²) in [5.74, 6) is 3.45. The summed E-state index contributed by atoms with van der Waals surface area (Å²) in [7, 11) is 2.82. The van der Waals surface area contributed by atoms with Crippen molar-refractivity contribution in [2.24, 2.45) is 14.1 Å². The van der Waals surface area contributed by atoms with E-state index in [-0.39, 0.29) is 0 Å². The minimum absolute atomic E-state index is 1.10. The van der Waals surface area contributed by atoms with E-state index in [4.69, 9.17) is 0 Å². The van der Waals surface area contributed by atoms with Crippen molar-refractivity contribution in [1.29, 1.82) is 0 Å². The molecular formula is C29H26N2Si.